The molecule has 0 atom stereocenters. The molecule has 3 aromatic rings. The van der Waals surface area contributed by atoms with E-state index in [1.165, 1.54) is 32.3 Å². The van der Waals surface area contributed by atoms with Crippen LogP contribution in [0.3, 0.4) is 0 Å². The van der Waals surface area contributed by atoms with Crippen molar-refractivity contribution in [1.82, 2.24) is 14.1 Å². The number of anilines is 1. The fraction of sp³-hybridized carbons (Fsp3) is 0.125. The van der Waals surface area contributed by atoms with Gasteiger partial charge in [0.25, 0.3) is 5.56 Å². The average Bonchev–Trinajstić information content (AvgIpc) is 2.57. The van der Waals surface area contributed by atoms with Crippen molar-refractivity contribution < 1.29 is 4.39 Å². The predicted molar refractivity (Wildman–Crippen MR) is 86.7 cm³/mol. The average molecular weight is 325 g/mol. The number of nitriles is 1. The van der Waals surface area contributed by atoms with Crippen molar-refractivity contribution in [2.75, 3.05) is 5.73 Å². The summed E-state index contributed by atoms with van der Waals surface area (Å²) in [6.45, 7) is 0. The SMILES string of the molecule is Cn1c(=O)c2c(-c3ccccc3F)c(C#N)c(N)nc2n(C)c1=O. The first-order chi connectivity index (χ1) is 11.4. The second kappa shape index (κ2) is 5.31. The topological polar surface area (TPSA) is 107 Å². The van der Waals surface area contributed by atoms with Crippen LogP contribution in [-0.4, -0.2) is 14.1 Å². The Balaban J connectivity index is 2.72. The van der Waals surface area contributed by atoms with Gasteiger partial charge in [-0.25, -0.2) is 14.2 Å². The third kappa shape index (κ3) is 1.99. The van der Waals surface area contributed by atoms with Gasteiger partial charge in [-0.05, 0) is 6.07 Å². The zero-order valence-electron chi connectivity index (χ0n) is 12.9. The van der Waals surface area contributed by atoms with Crippen LogP contribution in [0.2, 0.25) is 0 Å². The third-order valence-electron chi connectivity index (χ3n) is 3.87. The number of benzene rings is 1. The molecule has 0 fully saturated rings. The van der Waals surface area contributed by atoms with Crippen molar-refractivity contribution in [3.8, 4) is 17.2 Å². The Kier molecular flexibility index (Phi) is 3.41. The Bertz CT molecular complexity index is 1150. The number of nitrogens with two attached hydrogens (primary N) is 1. The molecule has 1 aromatic carbocycles. The van der Waals surface area contributed by atoms with Crippen LogP contribution in [0.15, 0.2) is 33.9 Å². The number of aromatic nitrogens is 3. The third-order valence-corrected chi connectivity index (χ3v) is 3.87. The normalized spacial score (nSPS) is 10.8. The van der Waals surface area contributed by atoms with Crippen LogP contribution >= 0.6 is 0 Å². The van der Waals surface area contributed by atoms with Crippen LogP contribution in [0.1, 0.15) is 5.56 Å². The fourth-order valence-electron chi connectivity index (χ4n) is 2.65. The van der Waals surface area contributed by atoms with Gasteiger partial charge in [0, 0.05) is 25.2 Å². The number of fused-ring (bicyclic) bond motifs is 1. The molecule has 7 nitrogen and oxygen atoms in total. The van der Waals surface area contributed by atoms with E-state index < -0.39 is 17.1 Å². The molecule has 0 aliphatic heterocycles. The van der Waals surface area contributed by atoms with Crippen LogP contribution in [0.5, 0.6) is 0 Å². The Morgan fingerprint density at radius 1 is 1.21 bits per heavy atom. The molecule has 0 bridgehead atoms. The van der Waals surface area contributed by atoms with Gasteiger partial charge in [0.15, 0.2) is 5.65 Å². The van der Waals surface area contributed by atoms with Gasteiger partial charge in [-0.3, -0.25) is 13.9 Å². The van der Waals surface area contributed by atoms with E-state index in [4.69, 9.17) is 5.73 Å². The van der Waals surface area contributed by atoms with Crippen molar-refractivity contribution in [2.24, 2.45) is 14.1 Å². The maximum atomic E-state index is 14.3. The number of nitrogens with zero attached hydrogens (tertiary/aromatic N) is 4. The number of hydrogen-bond acceptors (Lipinski definition) is 5. The number of nitrogen functional groups attached to an aromatic ring is 1. The van der Waals surface area contributed by atoms with Crippen LogP contribution in [0.4, 0.5) is 10.2 Å². The molecule has 2 N–H and O–H groups in total. The first-order valence-electron chi connectivity index (χ1n) is 6.92. The quantitative estimate of drug-likeness (QED) is 0.715. The first-order valence-corrected chi connectivity index (χ1v) is 6.92. The summed E-state index contributed by atoms with van der Waals surface area (Å²) in [6.07, 6.45) is 0. The van der Waals surface area contributed by atoms with Gasteiger partial charge in [0.05, 0.1) is 5.39 Å². The summed E-state index contributed by atoms with van der Waals surface area (Å²) >= 11 is 0. The standard InChI is InChI=1S/C16H12FN5O2/c1-21-14-12(15(23)22(2)16(21)24)11(9(7-18)13(19)20-14)8-5-3-4-6-10(8)17/h3-6H,1-2H3,(H2,19,20). The highest BCUT2D eigenvalue weighted by molar-refractivity contribution is 5.97. The van der Waals surface area contributed by atoms with Gasteiger partial charge in [0.2, 0.25) is 0 Å². The summed E-state index contributed by atoms with van der Waals surface area (Å²) in [5.41, 5.74) is 4.52. The lowest BCUT2D eigenvalue weighted by atomic mass is 9.97. The van der Waals surface area contributed by atoms with E-state index >= 15 is 0 Å². The number of halogens is 1. The van der Waals surface area contributed by atoms with Gasteiger partial charge in [-0.1, -0.05) is 18.2 Å². The highest BCUT2D eigenvalue weighted by Crippen LogP contribution is 2.33. The Labute approximate surface area is 135 Å². The maximum absolute atomic E-state index is 14.3. The van der Waals surface area contributed by atoms with E-state index in [1.807, 2.05) is 6.07 Å². The highest BCUT2D eigenvalue weighted by Gasteiger charge is 2.22. The van der Waals surface area contributed by atoms with Crippen molar-refractivity contribution in [3.05, 3.63) is 56.5 Å². The van der Waals surface area contributed by atoms with Crippen LogP contribution in [-0.2, 0) is 14.1 Å². The van der Waals surface area contributed by atoms with Gasteiger partial charge in [-0.15, -0.1) is 0 Å². The number of rotatable bonds is 1. The lowest BCUT2D eigenvalue weighted by Crippen LogP contribution is -2.37. The monoisotopic (exact) mass is 325 g/mol. The lowest BCUT2D eigenvalue weighted by molar-refractivity contribution is 0.631. The molecule has 8 heteroatoms. The molecule has 0 unspecified atom stereocenters. The molecule has 0 aliphatic rings. The molecule has 2 heterocycles. The van der Waals surface area contributed by atoms with Crippen molar-refractivity contribution in [3.63, 3.8) is 0 Å². The van der Waals surface area contributed by atoms with Gasteiger partial charge >= 0.3 is 5.69 Å². The van der Waals surface area contributed by atoms with Crippen molar-refractivity contribution >= 4 is 16.9 Å². The number of hydrogen-bond donors (Lipinski definition) is 1. The van der Waals surface area contributed by atoms with Crippen molar-refractivity contribution in [1.29, 1.82) is 5.26 Å². The smallest absolute Gasteiger partial charge is 0.332 e. The van der Waals surface area contributed by atoms with Crippen LogP contribution in [0, 0.1) is 17.1 Å². The van der Waals surface area contributed by atoms with Crippen LogP contribution in [0.25, 0.3) is 22.2 Å². The highest BCUT2D eigenvalue weighted by atomic mass is 19.1. The Morgan fingerprint density at radius 3 is 2.50 bits per heavy atom. The molecule has 0 amide bonds. The van der Waals surface area contributed by atoms with E-state index in [0.29, 0.717) is 0 Å². The summed E-state index contributed by atoms with van der Waals surface area (Å²) in [5, 5.41) is 9.39. The molecular formula is C16H12FN5O2. The van der Waals surface area contributed by atoms with Gasteiger partial charge in [-0.2, -0.15) is 5.26 Å². The molecule has 24 heavy (non-hydrogen) atoms. The largest absolute Gasteiger partial charge is 0.383 e. The molecule has 0 radical (unpaired) electrons. The Morgan fingerprint density at radius 2 is 1.88 bits per heavy atom. The second-order valence-corrected chi connectivity index (χ2v) is 5.24. The van der Waals surface area contributed by atoms with E-state index in [2.05, 4.69) is 4.98 Å². The summed E-state index contributed by atoms with van der Waals surface area (Å²) in [6, 6.07) is 7.60. The number of pyridine rings is 1. The molecular weight excluding hydrogens is 313 g/mol. The zero-order valence-corrected chi connectivity index (χ0v) is 12.9. The second-order valence-electron chi connectivity index (χ2n) is 5.24. The molecule has 0 saturated heterocycles. The summed E-state index contributed by atoms with van der Waals surface area (Å²) in [7, 11) is 2.73. The van der Waals surface area contributed by atoms with Crippen LogP contribution < -0.4 is 17.0 Å². The predicted octanol–water partition coefficient (Wildman–Crippen LogP) is 0.892. The molecule has 2 aromatic heterocycles. The van der Waals surface area contributed by atoms with Gasteiger partial charge < -0.3 is 5.73 Å². The minimum atomic E-state index is -0.671. The number of aryl methyl sites for hydroxylation is 1. The summed E-state index contributed by atoms with van der Waals surface area (Å²) in [4.78, 5) is 28.7. The van der Waals surface area contributed by atoms with E-state index in [9.17, 15) is 19.2 Å². The molecule has 0 aliphatic carbocycles. The maximum Gasteiger partial charge on any atom is 0.332 e. The zero-order chi connectivity index (χ0) is 17.6. The fourth-order valence-corrected chi connectivity index (χ4v) is 2.65. The molecule has 120 valence electrons. The minimum absolute atomic E-state index is 0.00199. The van der Waals surface area contributed by atoms with Crippen molar-refractivity contribution in [2.45, 2.75) is 0 Å². The molecule has 0 spiro atoms. The van der Waals surface area contributed by atoms with E-state index in [-0.39, 0.29) is 33.5 Å². The lowest BCUT2D eigenvalue weighted by Gasteiger charge is -2.14. The Hall–Kier alpha value is -3.47. The summed E-state index contributed by atoms with van der Waals surface area (Å²) in [5.74, 6) is -0.789. The molecule has 3 rings (SSSR count). The first kappa shape index (κ1) is 15.4. The van der Waals surface area contributed by atoms with E-state index in [1.54, 1.807) is 6.07 Å². The van der Waals surface area contributed by atoms with E-state index in [0.717, 1.165) is 9.13 Å². The van der Waals surface area contributed by atoms with Gasteiger partial charge in [0.1, 0.15) is 23.3 Å². The minimum Gasteiger partial charge on any atom is -0.383 e. The molecule has 0 saturated carbocycles. The summed E-state index contributed by atoms with van der Waals surface area (Å²) < 4.78 is 16.3.